The van der Waals surface area contributed by atoms with Gasteiger partial charge in [-0.3, -0.25) is 19.7 Å². The van der Waals surface area contributed by atoms with Crippen molar-refractivity contribution in [1.29, 1.82) is 0 Å². The maximum atomic E-state index is 12.7. The number of rotatable bonds is 5. The second kappa shape index (κ2) is 8.16. The van der Waals surface area contributed by atoms with E-state index in [1.807, 2.05) is 25.5 Å². The zero-order valence-corrected chi connectivity index (χ0v) is 17.9. The van der Waals surface area contributed by atoms with E-state index in [9.17, 15) is 14.4 Å². The van der Waals surface area contributed by atoms with Gasteiger partial charge in [0.15, 0.2) is 0 Å². The van der Waals surface area contributed by atoms with E-state index < -0.39 is 17.2 Å². The summed E-state index contributed by atoms with van der Waals surface area (Å²) in [7, 11) is 1.84. The van der Waals surface area contributed by atoms with E-state index in [1.54, 1.807) is 24.7 Å². The maximum Gasteiger partial charge on any atom is 0.234 e. The van der Waals surface area contributed by atoms with Gasteiger partial charge < -0.3 is 9.88 Å². The van der Waals surface area contributed by atoms with Gasteiger partial charge in [-0.25, -0.2) is 4.98 Å². The standard InChI is InChI=1S/C20H22Cl2N4O3/c1-20(2,15-9-23-10-26(15)3)19(29)24-8-11-6-13(21)17(14(22)7-11)12-4-5-16(27)25-18(12)28/h6-7,9-10,12H,4-5,8H2,1-3H3,(H,24,29)(H,25,27,28). The van der Waals surface area contributed by atoms with Crippen molar-refractivity contribution in [2.24, 2.45) is 7.05 Å². The number of nitrogens with zero attached hydrogens (tertiary/aromatic N) is 2. The summed E-state index contributed by atoms with van der Waals surface area (Å²) in [6.07, 6.45) is 3.92. The van der Waals surface area contributed by atoms with Gasteiger partial charge in [0.1, 0.15) is 0 Å². The number of hydrogen-bond acceptors (Lipinski definition) is 4. The van der Waals surface area contributed by atoms with Crippen LogP contribution in [0.1, 0.15) is 49.4 Å². The number of benzene rings is 1. The molecule has 3 amide bonds. The average Bonchev–Trinajstić information content (AvgIpc) is 3.07. The van der Waals surface area contributed by atoms with Crippen molar-refractivity contribution >= 4 is 40.9 Å². The molecule has 1 aromatic heterocycles. The quantitative estimate of drug-likeness (QED) is 0.704. The minimum absolute atomic E-state index is 0.164. The first kappa shape index (κ1) is 21.3. The number of imide groups is 1. The first-order chi connectivity index (χ1) is 13.6. The molecule has 2 heterocycles. The Balaban J connectivity index is 1.74. The molecule has 0 bridgehead atoms. The number of hydrogen-bond donors (Lipinski definition) is 2. The van der Waals surface area contributed by atoms with E-state index in [2.05, 4.69) is 15.6 Å². The van der Waals surface area contributed by atoms with Crippen LogP contribution in [0.5, 0.6) is 0 Å². The largest absolute Gasteiger partial charge is 0.351 e. The Bertz CT molecular complexity index is 961. The van der Waals surface area contributed by atoms with Crippen LogP contribution in [0.3, 0.4) is 0 Å². The molecule has 1 atom stereocenters. The van der Waals surface area contributed by atoms with Crippen molar-refractivity contribution < 1.29 is 14.4 Å². The molecule has 0 spiro atoms. The number of imidazole rings is 1. The fourth-order valence-electron chi connectivity index (χ4n) is 3.52. The van der Waals surface area contributed by atoms with Gasteiger partial charge in [0.2, 0.25) is 17.7 Å². The molecule has 1 fully saturated rings. The highest BCUT2D eigenvalue weighted by Gasteiger charge is 2.33. The monoisotopic (exact) mass is 436 g/mol. The average molecular weight is 437 g/mol. The maximum absolute atomic E-state index is 12.7. The first-order valence-electron chi connectivity index (χ1n) is 9.18. The Kier molecular flexibility index (Phi) is 6.00. The molecule has 2 N–H and O–H groups in total. The fraction of sp³-hybridized carbons (Fsp3) is 0.400. The number of aromatic nitrogens is 2. The zero-order valence-electron chi connectivity index (χ0n) is 16.4. The van der Waals surface area contributed by atoms with Crippen LogP contribution in [0.2, 0.25) is 10.0 Å². The lowest BCUT2D eigenvalue weighted by atomic mass is 9.88. The SMILES string of the molecule is Cn1cncc1C(C)(C)C(=O)NCc1cc(Cl)c(C2CCC(=O)NC2=O)c(Cl)c1. The normalized spacial score (nSPS) is 17.2. The topological polar surface area (TPSA) is 93.1 Å². The smallest absolute Gasteiger partial charge is 0.234 e. The van der Waals surface area contributed by atoms with Gasteiger partial charge in [0.25, 0.3) is 0 Å². The summed E-state index contributed by atoms with van der Waals surface area (Å²) in [5.74, 6) is -1.43. The fourth-order valence-corrected chi connectivity index (χ4v) is 4.32. The summed E-state index contributed by atoms with van der Waals surface area (Å²) in [6, 6.07) is 3.37. The van der Waals surface area contributed by atoms with Crippen LogP contribution in [0.25, 0.3) is 0 Å². The van der Waals surface area contributed by atoms with Crippen LogP contribution in [0.4, 0.5) is 0 Å². The van der Waals surface area contributed by atoms with Gasteiger partial charge in [-0.05, 0) is 38.0 Å². The Morgan fingerprint density at radius 3 is 2.52 bits per heavy atom. The number of carbonyl (C=O) groups excluding carboxylic acids is 3. The minimum atomic E-state index is -0.772. The molecule has 1 saturated heterocycles. The molecule has 1 aromatic carbocycles. The molecule has 29 heavy (non-hydrogen) atoms. The van der Waals surface area contributed by atoms with Gasteiger partial charge in [0.05, 0.1) is 23.4 Å². The molecule has 3 rings (SSSR count). The summed E-state index contributed by atoms with van der Waals surface area (Å²) in [6.45, 7) is 3.88. The van der Waals surface area contributed by atoms with E-state index in [4.69, 9.17) is 23.2 Å². The zero-order chi connectivity index (χ0) is 21.3. The summed E-state index contributed by atoms with van der Waals surface area (Å²) in [4.78, 5) is 40.3. The van der Waals surface area contributed by atoms with Crippen LogP contribution >= 0.6 is 23.2 Å². The number of amides is 3. The Morgan fingerprint density at radius 1 is 1.31 bits per heavy atom. The summed E-state index contributed by atoms with van der Waals surface area (Å²) >= 11 is 12.8. The van der Waals surface area contributed by atoms with E-state index in [0.29, 0.717) is 27.6 Å². The van der Waals surface area contributed by atoms with Gasteiger partial charge in [-0.15, -0.1) is 0 Å². The van der Waals surface area contributed by atoms with E-state index in [-0.39, 0.29) is 24.8 Å². The molecule has 1 aliphatic rings. The third-order valence-corrected chi connectivity index (χ3v) is 5.83. The number of halogens is 2. The highest BCUT2D eigenvalue weighted by molar-refractivity contribution is 6.36. The summed E-state index contributed by atoms with van der Waals surface area (Å²) < 4.78 is 1.81. The molecule has 0 aliphatic carbocycles. The second-order valence-electron chi connectivity index (χ2n) is 7.67. The lowest BCUT2D eigenvalue weighted by Crippen LogP contribution is -2.41. The Morgan fingerprint density at radius 2 is 1.97 bits per heavy atom. The van der Waals surface area contributed by atoms with Crippen LogP contribution in [0, 0.1) is 0 Å². The summed E-state index contributed by atoms with van der Waals surface area (Å²) in [5, 5.41) is 5.88. The van der Waals surface area contributed by atoms with Crippen LogP contribution < -0.4 is 10.6 Å². The molecular weight excluding hydrogens is 415 g/mol. The lowest BCUT2D eigenvalue weighted by molar-refractivity contribution is -0.134. The Labute approximate surface area is 178 Å². The molecule has 1 aliphatic heterocycles. The van der Waals surface area contributed by atoms with Crippen molar-refractivity contribution in [1.82, 2.24) is 20.2 Å². The number of nitrogens with one attached hydrogen (secondary N) is 2. The van der Waals surface area contributed by atoms with Crippen molar-refractivity contribution in [3.8, 4) is 0 Å². The molecule has 0 radical (unpaired) electrons. The second-order valence-corrected chi connectivity index (χ2v) is 8.49. The summed E-state index contributed by atoms with van der Waals surface area (Å²) in [5.41, 5.74) is 1.24. The number of piperidine rings is 1. The van der Waals surface area contributed by atoms with E-state index in [1.165, 1.54) is 0 Å². The molecule has 0 saturated carbocycles. The van der Waals surface area contributed by atoms with Crippen molar-refractivity contribution in [2.75, 3.05) is 0 Å². The van der Waals surface area contributed by atoms with Crippen molar-refractivity contribution in [3.63, 3.8) is 0 Å². The van der Waals surface area contributed by atoms with E-state index in [0.717, 1.165) is 5.69 Å². The number of carbonyl (C=O) groups is 3. The number of aryl methyl sites for hydroxylation is 1. The molecule has 154 valence electrons. The minimum Gasteiger partial charge on any atom is -0.351 e. The third kappa shape index (κ3) is 4.31. The predicted octanol–water partition coefficient (Wildman–Crippen LogP) is 2.84. The van der Waals surface area contributed by atoms with Gasteiger partial charge in [-0.1, -0.05) is 23.2 Å². The molecule has 2 aromatic rings. The van der Waals surface area contributed by atoms with Crippen molar-refractivity contribution in [3.05, 3.63) is 51.5 Å². The molecule has 1 unspecified atom stereocenters. The van der Waals surface area contributed by atoms with Gasteiger partial charge in [0, 0.05) is 41.8 Å². The van der Waals surface area contributed by atoms with Gasteiger partial charge in [-0.2, -0.15) is 0 Å². The van der Waals surface area contributed by atoms with Gasteiger partial charge >= 0.3 is 0 Å². The molecule has 9 heteroatoms. The van der Waals surface area contributed by atoms with Crippen molar-refractivity contribution in [2.45, 2.75) is 44.6 Å². The Hall–Kier alpha value is -2.38. The lowest BCUT2D eigenvalue weighted by Gasteiger charge is -2.25. The predicted molar refractivity (Wildman–Crippen MR) is 110 cm³/mol. The highest BCUT2D eigenvalue weighted by Crippen LogP contribution is 2.37. The highest BCUT2D eigenvalue weighted by atomic mass is 35.5. The molecule has 7 nitrogen and oxygen atoms in total. The first-order valence-corrected chi connectivity index (χ1v) is 9.93. The van der Waals surface area contributed by atoms with E-state index >= 15 is 0 Å². The van der Waals surface area contributed by atoms with Crippen LogP contribution in [-0.2, 0) is 33.4 Å². The third-order valence-electron chi connectivity index (χ3n) is 5.20. The molecular formula is C20H22Cl2N4O3. The van der Waals surface area contributed by atoms with Crippen LogP contribution in [0.15, 0.2) is 24.7 Å². The van der Waals surface area contributed by atoms with Crippen LogP contribution in [-0.4, -0.2) is 27.3 Å².